The van der Waals surface area contributed by atoms with E-state index >= 15 is 0 Å². The molecular formula is C23H25NO. The minimum Gasteiger partial charge on any atom is -0.494 e. The summed E-state index contributed by atoms with van der Waals surface area (Å²) < 4.78 is 5.64. The van der Waals surface area contributed by atoms with Crippen LogP contribution < -0.4 is 4.74 Å². The average molecular weight is 331 g/mol. The van der Waals surface area contributed by atoms with E-state index in [2.05, 4.69) is 67.4 Å². The Balaban J connectivity index is 1.73. The van der Waals surface area contributed by atoms with Gasteiger partial charge in [0.1, 0.15) is 5.75 Å². The summed E-state index contributed by atoms with van der Waals surface area (Å²) in [7, 11) is 0. The van der Waals surface area contributed by atoms with Crippen molar-refractivity contribution in [2.45, 2.75) is 33.1 Å². The molecule has 0 N–H and O–H groups in total. The van der Waals surface area contributed by atoms with E-state index in [1.54, 1.807) is 0 Å². The summed E-state index contributed by atoms with van der Waals surface area (Å²) in [5, 5.41) is 0. The maximum Gasteiger partial charge on any atom is 0.119 e. The van der Waals surface area contributed by atoms with E-state index in [1.807, 2.05) is 18.3 Å². The van der Waals surface area contributed by atoms with E-state index in [-0.39, 0.29) is 0 Å². The van der Waals surface area contributed by atoms with Crippen LogP contribution in [0.3, 0.4) is 0 Å². The van der Waals surface area contributed by atoms with Gasteiger partial charge in [0.25, 0.3) is 0 Å². The fourth-order valence-electron chi connectivity index (χ4n) is 2.82. The highest BCUT2D eigenvalue weighted by Crippen LogP contribution is 2.26. The second kappa shape index (κ2) is 8.48. The van der Waals surface area contributed by atoms with Gasteiger partial charge < -0.3 is 4.74 Å². The van der Waals surface area contributed by atoms with E-state index in [9.17, 15) is 0 Å². The van der Waals surface area contributed by atoms with Gasteiger partial charge in [-0.25, -0.2) is 0 Å². The molecule has 2 heteroatoms. The predicted molar refractivity (Wildman–Crippen MR) is 105 cm³/mol. The molecule has 3 aromatic rings. The zero-order chi connectivity index (χ0) is 17.5. The lowest BCUT2D eigenvalue weighted by atomic mass is 10.0. The average Bonchev–Trinajstić information content (AvgIpc) is 2.68. The molecule has 0 amide bonds. The smallest absolute Gasteiger partial charge is 0.119 e. The first kappa shape index (κ1) is 17.2. The summed E-state index contributed by atoms with van der Waals surface area (Å²) >= 11 is 0. The molecule has 2 nitrogen and oxygen atoms in total. The Morgan fingerprint density at radius 3 is 1.76 bits per heavy atom. The summed E-state index contributed by atoms with van der Waals surface area (Å²) in [5.74, 6) is 0.931. The molecule has 25 heavy (non-hydrogen) atoms. The number of benzene rings is 2. The van der Waals surface area contributed by atoms with Gasteiger partial charge in [0, 0.05) is 17.5 Å². The van der Waals surface area contributed by atoms with E-state index in [0.29, 0.717) is 0 Å². The maximum atomic E-state index is 5.64. The summed E-state index contributed by atoms with van der Waals surface area (Å²) in [6, 6.07) is 21.2. The predicted octanol–water partition coefficient (Wildman–Crippen LogP) is 6.16. The third-order valence-electron chi connectivity index (χ3n) is 4.21. The van der Waals surface area contributed by atoms with Gasteiger partial charge in [-0.05, 0) is 47.7 Å². The molecule has 2 aromatic carbocycles. The molecule has 1 aromatic heterocycles. The summed E-state index contributed by atoms with van der Waals surface area (Å²) in [4.78, 5) is 4.55. The molecular weight excluding hydrogens is 306 g/mol. The lowest BCUT2D eigenvalue weighted by Gasteiger charge is -2.08. The number of ether oxygens (including phenoxy) is 1. The quantitative estimate of drug-likeness (QED) is 0.517. The molecule has 0 fully saturated rings. The Morgan fingerprint density at radius 2 is 1.24 bits per heavy atom. The van der Waals surface area contributed by atoms with E-state index in [0.717, 1.165) is 42.9 Å². The maximum absolute atomic E-state index is 5.64. The van der Waals surface area contributed by atoms with Crippen LogP contribution in [0.2, 0.25) is 0 Å². The number of nitrogens with zero attached hydrogens (tertiary/aromatic N) is 1. The van der Waals surface area contributed by atoms with E-state index < -0.39 is 0 Å². The van der Waals surface area contributed by atoms with Gasteiger partial charge in [-0.3, -0.25) is 4.98 Å². The van der Waals surface area contributed by atoms with Crippen LogP contribution >= 0.6 is 0 Å². The van der Waals surface area contributed by atoms with Crippen LogP contribution in [0, 0.1) is 0 Å². The molecule has 0 saturated carbocycles. The molecule has 0 bridgehead atoms. The van der Waals surface area contributed by atoms with Crippen molar-refractivity contribution in [3.05, 3.63) is 72.6 Å². The van der Waals surface area contributed by atoms with Gasteiger partial charge in [-0.1, -0.05) is 62.7 Å². The van der Waals surface area contributed by atoms with Crippen molar-refractivity contribution in [3.8, 4) is 28.0 Å². The standard InChI is InChI=1S/C23H25NO/c1-3-5-22-13-10-21(17-24-22)20-8-6-18(7-9-20)19-11-14-23(15-12-19)25-16-4-2/h6-15,17H,3-5,16H2,1-2H3. The second-order valence-electron chi connectivity index (χ2n) is 6.24. The highest BCUT2D eigenvalue weighted by molar-refractivity contribution is 5.70. The normalized spacial score (nSPS) is 10.6. The minimum atomic E-state index is 0.763. The summed E-state index contributed by atoms with van der Waals surface area (Å²) in [6.45, 7) is 5.05. The molecule has 0 atom stereocenters. The summed E-state index contributed by atoms with van der Waals surface area (Å²) in [6.07, 6.45) is 5.16. The molecule has 0 spiro atoms. The van der Waals surface area contributed by atoms with Crippen molar-refractivity contribution in [3.63, 3.8) is 0 Å². The molecule has 3 rings (SSSR count). The highest BCUT2D eigenvalue weighted by atomic mass is 16.5. The minimum absolute atomic E-state index is 0.763. The molecule has 0 radical (unpaired) electrons. The first-order valence-corrected chi connectivity index (χ1v) is 9.08. The van der Waals surface area contributed by atoms with Crippen LogP contribution in [0.4, 0.5) is 0 Å². The molecule has 0 aliphatic rings. The van der Waals surface area contributed by atoms with Gasteiger partial charge in [0.15, 0.2) is 0 Å². The van der Waals surface area contributed by atoms with Gasteiger partial charge in [0.05, 0.1) is 6.61 Å². The van der Waals surface area contributed by atoms with Gasteiger partial charge in [-0.15, -0.1) is 0 Å². The second-order valence-corrected chi connectivity index (χ2v) is 6.24. The van der Waals surface area contributed by atoms with Crippen LogP contribution in [0.25, 0.3) is 22.3 Å². The Morgan fingerprint density at radius 1 is 0.680 bits per heavy atom. The molecule has 1 heterocycles. The topological polar surface area (TPSA) is 22.1 Å². The molecule has 0 aliphatic heterocycles. The molecule has 0 unspecified atom stereocenters. The van der Waals surface area contributed by atoms with Crippen molar-refractivity contribution >= 4 is 0 Å². The van der Waals surface area contributed by atoms with Crippen molar-refractivity contribution in [2.75, 3.05) is 6.61 Å². The van der Waals surface area contributed by atoms with Crippen molar-refractivity contribution in [1.82, 2.24) is 4.98 Å². The molecule has 0 aliphatic carbocycles. The number of rotatable bonds is 7. The Labute approximate surface area is 150 Å². The number of hydrogen-bond donors (Lipinski definition) is 0. The third-order valence-corrected chi connectivity index (χ3v) is 4.21. The number of aromatic nitrogens is 1. The monoisotopic (exact) mass is 331 g/mol. The van der Waals surface area contributed by atoms with E-state index in [4.69, 9.17) is 4.74 Å². The Bertz CT molecular complexity index is 774. The lowest BCUT2D eigenvalue weighted by molar-refractivity contribution is 0.317. The molecule has 128 valence electrons. The Hall–Kier alpha value is -2.61. The van der Waals surface area contributed by atoms with Gasteiger partial charge in [-0.2, -0.15) is 0 Å². The van der Waals surface area contributed by atoms with E-state index in [1.165, 1.54) is 16.7 Å². The highest BCUT2D eigenvalue weighted by Gasteiger charge is 2.02. The SMILES string of the molecule is CCCOc1ccc(-c2ccc(-c3ccc(CCC)nc3)cc2)cc1. The fourth-order valence-corrected chi connectivity index (χ4v) is 2.82. The van der Waals surface area contributed by atoms with Crippen LogP contribution in [-0.4, -0.2) is 11.6 Å². The van der Waals surface area contributed by atoms with Crippen LogP contribution in [0.5, 0.6) is 5.75 Å². The van der Waals surface area contributed by atoms with Gasteiger partial charge in [0.2, 0.25) is 0 Å². The Kier molecular flexibility index (Phi) is 5.84. The zero-order valence-corrected chi connectivity index (χ0v) is 15.0. The third kappa shape index (κ3) is 4.48. The van der Waals surface area contributed by atoms with Crippen LogP contribution in [0.1, 0.15) is 32.4 Å². The summed E-state index contributed by atoms with van der Waals surface area (Å²) in [5.41, 5.74) is 5.93. The number of hydrogen-bond acceptors (Lipinski definition) is 2. The van der Waals surface area contributed by atoms with Gasteiger partial charge >= 0.3 is 0 Å². The van der Waals surface area contributed by atoms with Crippen molar-refractivity contribution < 1.29 is 4.74 Å². The van der Waals surface area contributed by atoms with Crippen molar-refractivity contribution in [1.29, 1.82) is 0 Å². The van der Waals surface area contributed by atoms with Crippen molar-refractivity contribution in [2.24, 2.45) is 0 Å². The number of aryl methyl sites for hydroxylation is 1. The van der Waals surface area contributed by atoms with Crippen LogP contribution in [-0.2, 0) is 6.42 Å². The largest absolute Gasteiger partial charge is 0.494 e. The van der Waals surface area contributed by atoms with Crippen LogP contribution in [0.15, 0.2) is 66.9 Å². The number of pyridine rings is 1. The first-order chi connectivity index (χ1) is 12.3. The molecule has 0 saturated heterocycles. The first-order valence-electron chi connectivity index (χ1n) is 9.08. The fraction of sp³-hybridized carbons (Fsp3) is 0.261. The zero-order valence-electron chi connectivity index (χ0n) is 15.0. The lowest BCUT2D eigenvalue weighted by Crippen LogP contribution is -1.94.